The molecule has 4 heteroatoms. The van der Waals surface area contributed by atoms with Crippen molar-refractivity contribution >= 4 is 0 Å². The first-order valence-electron chi connectivity index (χ1n) is 4.41. The molecule has 0 radical (unpaired) electrons. The van der Waals surface area contributed by atoms with Gasteiger partial charge in [-0.1, -0.05) is 18.1 Å². The second kappa shape index (κ2) is 5.25. The Bertz CT molecular complexity index is 371. The Morgan fingerprint density at radius 2 is 2.13 bits per heavy atom. The lowest BCUT2D eigenvalue weighted by atomic mass is 10.1. The molecule has 3 N–H and O–H groups in total. The monoisotopic (exact) mass is 206 g/mol. The maximum absolute atomic E-state index is 5.34. The minimum absolute atomic E-state index is 0.393. The van der Waals surface area contributed by atoms with Crippen LogP contribution in [0.3, 0.4) is 0 Å². The number of hydrogen-bond donors (Lipinski definition) is 2. The van der Waals surface area contributed by atoms with Gasteiger partial charge in [-0.3, -0.25) is 5.84 Å². The largest absolute Gasteiger partial charge is 0.493 e. The first kappa shape index (κ1) is 11.4. The van der Waals surface area contributed by atoms with Crippen molar-refractivity contribution in [1.29, 1.82) is 0 Å². The number of para-hydroxylation sites is 1. The van der Waals surface area contributed by atoms with E-state index in [4.69, 9.17) is 21.7 Å². The molecule has 1 rings (SSSR count). The van der Waals surface area contributed by atoms with Crippen molar-refractivity contribution in [2.75, 3.05) is 14.2 Å². The van der Waals surface area contributed by atoms with Crippen LogP contribution in [0.15, 0.2) is 18.2 Å². The highest BCUT2D eigenvalue weighted by Gasteiger charge is 2.15. The van der Waals surface area contributed by atoms with Gasteiger partial charge in [-0.25, -0.2) is 5.43 Å². The molecule has 1 aromatic carbocycles. The Kier molecular flexibility index (Phi) is 3.98. The van der Waals surface area contributed by atoms with E-state index < -0.39 is 6.04 Å². The van der Waals surface area contributed by atoms with Crippen LogP contribution in [-0.4, -0.2) is 14.2 Å². The molecule has 80 valence electrons. The third kappa shape index (κ3) is 2.21. The number of terminal acetylenes is 1. The van der Waals surface area contributed by atoms with Gasteiger partial charge in [-0.2, -0.15) is 0 Å². The third-order valence-electron chi connectivity index (χ3n) is 2.08. The SMILES string of the molecule is C#CC(NN)c1cccc(OC)c1OC. The van der Waals surface area contributed by atoms with Gasteiger partial charge >= 0.3 is 0 Å². The van der Waals surface area contributed by atoms with Crippen LogP contribution in [-0.2, 0) is 0 Å². The van der Waals surface area contributed by atoms with Gasteiger partial charge in [0.2, 0.25) is 0 Å². The van der Waals surface area contributed by atoms with Crippen molar-refractivity contribution in [3.05, 3.63) is 23.8 Å². The average Bonchev–Trinajstić information content (AvgIpc) is 2.30. The predicted molar refractivity (Wildman–Crippen MR) is 58.4 cm³/mol. The summed E-state index contributed by atoms with van der Waals surface area (Å²) in [7, 11) is 3.13. The van der Waals surface area contributed by atoms with E-state index in [2.05, 4.69) is 11.3 Å². The van der Waals surface area contributed by atoms with Crippen molar-refractivity contribution < 1.29 is 9.47 Å². The number of methoxy groups -OCH3 is 2. The molecule has 0 amide bonds. The molecule has 15 heavy (non-hydrogen) atoms. The normalized spacial score (nSPS) is 11.6. The molecule has 0 heterocycles. The fourth-order valence-electron chi connectivity index (χ4n) is 1.37. The molecule has 1 aromatic rings. The van der Waals surface area contributed by atoms with Gasteiger partial charge in [-0.05, 0) is 6.07 Å². The Hall–Kier alpha value is -1.70. The Labute approximate surface area is 89.3 Å². The maximum Gasteiger partial charge on any atom is 0.166 e. The third-order valence-corrected chi connectivity index (χ3v) is 2.08. The number of ether oxygens (including phenoxy) is 2. The van der Waals surface area contributed by atoms with Gasteiger partial charge in [0.1, 0.15) is 6.04 Å². The van der Waals surface area contributed by atoms with Crippen LogP contribution in [0, 0.1) is 12.3 Å². The van der Waals surface area contributed by atoms with Crippen LogP contribution in [0.2, 0.25) is 0 Å². The maximum atomic E-state index is 5.34. The zero-order valence-corrected chi connectivity index (χ0v) is 8.78. The summed E-state index contributed by atoms with van der Waals surface area (Å²) in [6.45, 7) is 0. The van der Waals surface area contributed by atoms with E-state index in [1.807, 2.05) is 12.1 Å². The van der Waals surface area contributed by atoms with Crippen molar-refractivity contribution in [3.63, 3.8) is 0 Å². The molecule has 0 aromatic heterocycles. The fourth-order valence-corrected chi connectivity index (χ4v) is 1.37. The molecule has 0 spiro atoms. The quantitative estimate of drug-likeness (QED) is 0.435. The summed E-state index contributed by atoms with van der Waals surface area (Å²) in [6.07, 6.45) is 5.34. The van der Waals surface area contributed by atoms with E-state index in [0.29, 0.717) is 11.5 Å². The van der Waals surface area contributed by atoms with E-state index in [-0.39, 0.29) is 0 Å². The number of nitrogens with two attached hydrogens (primary N) is 1. The van der Waals surface area contributed by atoms with E-state index in [9.17, 15) is 0 Å². The second-order valence-electron chi connectivity index (χ2n) is 2.85. The van der Waals surface area contributed by atoms with E-state index >= 15 is 0 Å². The van der Waals surface area contributed by atoms with Crippen LogP contribution in [0.4, 0.5) is 0 Å². The molecule has 0 aliphatic carbocycles. The topological polar surface area (TPSA) is 56.5 Å². The Morgan fingerprint density at radius 3 is 2.60 bits per heavy atom. The summed E-state index contributed by atoms with van der Waals surface area (Å²) in [5, 5.41) is 0. The summed E-state index contributed by atoms with van der Waals surface area (Å²) >= 11 is 0. The van der Waals surface area contributed by atoms with Crippen LogP contribution in [0.25, 0.3) is 0 Å². The molecule has 0 aliphatic heterocycles. The predicted octanol–water partition coefficient (Wildman–Crippen LogP) is 0.841. The van der Waals surface area contributed by atoms with Crippen molar-refractivity contribution in [3.8, 4) is 23.8 Å². The number of nitrogens with one attached hydrogen (secondary N) is 1. The van der Waals surface area contributed by atoms with Gasteiger partial charge in [0.25, 0.3) is 0 Å². The number of rotatable bonds is 4. The summed E-state index contributed by atoms with van der Waals surface area (Å²) in [5.74, 6) is 9.09. The van der Waals surface area contributed by atoms with E-state index in [1.54, 1.807) is 20.3 Å². The Morgan fingerprint density at radius 1 is 1.40 bits per heavy atom. The summed E-state index contributed by atoms with van der Waals surface area (Å²) in [6, 6.07) is 5.08. The van der Waals surface area contributed by atoms with E-state index in [1.165, 1.54) is 0 Å². The van der Waals surface area contributed by atoms with Crippen LogP contribution >= 0.6 is 0 Å². The highest BCUT2D eigenvalue weighted by Crippen LogP contribution is 2.33. The average molecular weight is 206 g/mol. The zero-order chi connectivity index (χ0) is 11.3. The van der Waals surface area contributed by atoms with Gasteiger partial charge < -0.3 is 9.47 Å². The molecule has 0 bridgehead atoms. The van der Waals surface area contributed by atoms with Gasteiger partial charge in [0.05, 0.1) is 14.2 Å². The molecular weight excluding hydrogens is 192 g/mol. The van der Waals surface area contributed by atoms with E-state index in [0.717, 1.165) is 5.56 Å². The van der Waals surface area contributed by atoms with Crippen molar-refractivity contribution in [2.24, 2.45) is 5.84 Å². The molecular formula is C11H14N2O2. The minimum atomic E-state index is -0.393. The summed E-state index contributed by atoms with van der Waals surface area (Å²) < 4.78 is 10.4. The van der Waals surface area contributed by atoms with Gasteiger partial charge in [-0.15, -0.1) is 6.42 Å². The Balaban J connectivity index is 3.23. The summed E-state index contributed by atoms with van der Waals surface area (Å²) in [4.78, 5) is 0. The van der Waals surface area contributed by atoms with Crippen LogP contribution in [0.5, 0.6) is 11.5 Å². The van der Waals surface area contributed by atoms with Crippen LogP contribution in [0.1, 0.15) is 11.6 Å². The number of hydrogen-bond acceptors (Lipinski definition) is 4. The first-order chi connectivity index (χ1) is 7.28. The lowest BCUT2D eigenvalue weighted by molar-refractivity contribution is 0.349. The van der Waals surface area contributed by atoms with Crippen molar-refractivity contribution in [1.82, 2.24) is 5.43 Å². The lowest BCUT2D eigenvalue weighted by Crippen LogP contribution is -2.27. The highest BCUT2D eigenvalue weighted by atomic mass is 16.5. The van der Waals surface area contributed by atoms with Crippen LogP contribution < -0.4 is 20.7 Å². The standard InChI is InChI=1S/C11H14N2O2/c1-4-9(13-12)8-6-5-7-10(14-2)11(8)15-3/h1,5-7,9,13H,12H2,2-3H3. The summed E-state index contributed by atoms with van der Waals surface area (Å²) in [5.41, 5.74) is 3.30. The molecule has 1 unspecified atom stereocenters. The number of benzene rings is 1. The molecule has 4 nitrogen and oxygen atoms in total. The second-order valence-corrected chi connectivity index (χ2v) is 2.85. The molecule has 1 atom stereocenters. The zero-order valence-electron chi connectivity index (χ0n) is 8.78. The van der Waals surface area contributed by atoms with Crippen molar-refractivity contribution in [2.45, 2.75) is 6.04 Å². The lowest BCUT2D eigenvalue weighted by Gasteiger charge is -2.16. The highest BCUT2D eigenvalue weighted by molar-refractivity contribution is 5.49. The molecule has 0 aliphatic rings. The fraction of sp³-hybridized carbons (Fsp3) is 0.273. The molecule has 0 saturated carbocycles. The molecule has 0 saturated heterocycles. The molecule has 0 fully saturated rings. The van der Waals surface area contributed by atoms with Gasteiger partial charge in [0.15, 0.2) is 11.5 Å². The van der Waals surface area contributed by atoms with Gasteiger partial charge in [0, 0.05) is 5.56 Å². The number of hydrazine groups is 1. The minimum Gasteiger partial charge on any atom is -0.493 e. The first-order valence-corrected chi connectivity index (χ1v) is 4.41. The smallest absolute Gasteiger partial charge is 0.166 e.